The zero-order valence-electron chi connectivity index (χ0n) is 64.3. The Bertz CT molecular complexity index is 3460. The first kappa shape index (κ1) is 96.1. The van der Waals surface area contributed by atoms with Gasteiger partial charge >= 0.3 is 67.1 Å². The molecule has 0 aliphatic heterocycles. The smallest absolute Gasteiger partial charge is 0.507 e. The summed E-state index contributed by atoms with van der Waals surface area (Å²) in [4.78, 5) is 28.9. The van der Waals surface area contributed by atoms with Gasteiger partial charge in [-0.15, -0.1) is 0 Å². The molecular formula is C84H108Cl6Co4N6O6+12. The van der Waals surface area contributed by atoms with E-state index in [1.54, 1.807) is 73.7 Å². The van der Waals surface area contributed by atoms with Crippen LogP contribution in [0.3, 0.4) is 0 Å². The van der Waals surface area contributed by atoms with E-state index in [-0.39, 0.29) is 170 Å². The third-order valence-electron chi connectivity index (χ3n) is 19.0. The molecule has 106 heavy (non-hydrogen) atoms. The molecule has 0 radical (unpaired) electrons. The molecule has 576 valence electrons. The first-order chi connectivity index (χ1) is 47.3. The molecule has 6 atom stereocenters. The number of phenolic OH excluding ortho intramolecular Hbond substituents is 6. The maximum Gasteiger partial charge on any atom is 3.00 e. The second kappa shape index (κ2) is 40.4. The third-order valence-corrected chi connectivity index (χ3v) is 20.3. The summed E-state index contributed by atoms with van der Waals surface area (Å²) in [7, 11) is 0. The molecule has 6 unspecified atom stereocenters. The van der Waals surface area contributed by atoms with Crippen molar-refractivity contribution in [3.63, 3.8) is 0 Å². The van der Waals surface area contributed by atoms with Gasteiger partial charge in [-0.2, -0.15) is 0 Å². The van der Waals surface area contributed by atoms with Crippen LogP contribution in [0, 0.1) is 0 Å². The Balaban J connectivity index is 0.000000405. The van der Waals surface area contributed by atoms with Gasteiger partial charge in [0, 0.05) is 134 Å². The van der Waals surface area contributed by atoms with E-state index in [9.17, 15) is 30.6 Å². The van der Waals surface area contributed by atoms with Crippen molar-refractivity contribution in [2.45, 2.75) is 270 Å². The average molecular weight is 1750 g/mol. The summed E-state index contributed by atoms with van der Waals surface area (Å²) in [5.74, 6) is 1.31. The molecule has 6 aromatic carbocycles. The van der Waals surface area contributed by atoms with Crippen molar-refractivity contribution in [1.29, 1.82) is 0 Å². The van der Waals surface area contributed by atoms with Crippen molar-refractivity contribution in [3.05, 3.63) is 170 Å². The molecule has 0 bridgehead atoms. The second-order valence-corrected chi connectivity index (χ2v) is 36.4. The normalized spacial score (nSPS) is 19.1. The molecule has 9 rings (SSSR count). The van der Waals surface area contributed by atoms with Crippen LogP contribution in [0.4, 0.5) is 0 Å². The van der Waals surface area contributed by atoms with Gasteiger partial charge in [0.1, 0.15) is 34.5 Å². The number of benzene rings is 6. The van der Waals surface area contributed by atoms with Crippen LogP contribution in [0.2, 0.25) is 30.1 Å². The van der Waals surface area contributed by atoms with Crippen molar-refractivity contribution < 1.29 is 97.8 Å². The zero-order valence-corrected chi connectivity index (χ0v) is 73.0. The topological polar surface area (TPSA) is 196 Å². The predicted octanol–water partition coefficient (Wildman–Crippen LogP) is 23.5. The van der Waals surface area contributed by atoms with Crippen molar-refractivity contribution in [3.8, 4) is 34.5 Å². The van der Waals surface area contributed by atoms with Crippen LogP contribution in [-0.4, -0.2) is 104 Å². The predicted molar refractivity (Wildman–Crippen MR) is 435 cm³/mol. The molecule has 12 nitrogen and oxygen atoms in total. The quantitative estimate of drug-likeness (QED) is 0.0660. The van der Waals surface area contributed by atoms with Crippen LogP contribution in [0.1, 0.15) is 268 Å². The van der Waals surface area contributed by atoms with Crippen LogP contribution < -0.4 is 0 Å². The number of hydrogen-bond donors (Lipinski definition) is 6. The van der Waals surface area contributed by atoms with Gasteiger partial charge in [-0.05, 0) is 144 Å². The first-order valence-corrected chi connectivity index (χ1v) is 38.0. The number of rotatable bonds is 12. The largest absolute Gasteiger partial charge is 3.00 e. The summed E-state index contributed by atoms with van der Waals surface area (Å²) in [6.07, 6.45) is 22.4. The molecule has 6 N–H and O–H groups in total. The average Bonchev–Trinajstić information content (AvgIpc) is 0.828. The van der Waals surface area contributed by atoms with Crippen LogP contribution in [-0.2, 0) is 99.6 Å². The summed E-state index contributed by atoms with van der Waals surface area (Å²) in [6.45, 7) is 36.8. The van der Waals surface area contributed by atoms with E-state index < -0.39 is 0 Å². The Hall–Kier alpha value is -4.09. The zero-order chi connectivity index (χ0) is 75.8. The summed E-state index contributed by atoms with van der Waals surface area (Å²) >= 11 is 38.0. The number of phenols is 6. The molecule has 0 heterocycles. The van der Waals surface area contributed by atoms with E-state index >= 15 is 0 Å². The molecule has 22 heteroatoms. The fourth-order valence-corrected chi connectivity index (χ4v) is 14.5. The maximum absolute atomic E-state index is 10.8. The SMILES string of the molecule is CC(C)(C)c1cc(Cl)cc(C=NC2CCCCC2N=Cc2cc(Cl)cc(C(C)(C)C)c2O)c1O.CC(C)(C)c1cc(Cl)cc(C=NC2CCCCC2N=Cc2cc(Cl)cc(C(C)(C)C)c2O)c1O.CC(C)(C)c1cc(Cl)cc(C=NC2CCCCC2N=Cc2cc(Cl)cc(C(C)(C)C)c2O)c1O.[Co+3].[Co+3].[Co+3].[Co+3]. The molecular weight excluding hydrogens is 1640 g/mol. The Labute approximate surface area is 702 Å². The van der Waals surface area contributed by atoms with Crippen molar-refractivity contribution in [1.82, 2.24) is 0 Å². The first-order valence-electron chi connectivity index (χ1n) is 35.7. The van der Waals surface area contributed by atoms with Crippen LogP contribution in [0.25, 0.3) is 0 Å². The molecule has 0 spiro atoms. The van der Waals surface area contributed by atoms with Gasteiger partial charge in [0.2, 0.25) is 0 Å². The van der Waals surface area contributed by atoms with Gasteiger partial charge in [0.05, 0.1) is 36.3 Å². The Morgan fingerprint density at radius 1 is 0.236 bits per heavy atom. The summed E-state index contributed by atoms with van der Waals surface area (Å²) in [6, 6.07) is 21.3. The van der Waals surface area contributed by atoms with Gasteiger partial charge in [-0.3, -0.25) is 30.0 Å². The minimum absolute atomic E-state index is 0. The van der Waals surface area contributed by atoms with Gasteiger partial charge in [-0.25, -0.2) is 0 Å². The minimum atomic E-state index is -0.236. The number of nitrogens with zero attached hydrogens (tertiary/aromatic N) is 6. The van der Waals surface area contributed by atoms with Crippen molar-refractivity contribution in [2.24, 2.45) is 30.0 Å². The molecule has 3 aliphatic carbocycles. The van der Waals surface area contributed by atoms with E-state index in [1.807, 2.05) is 161 Å². The third kappa shape index (κ3) is 26.8. The van der Waals surface area contributed by atoms with E-state index in [4.69, 9.17) is 99.6 Å². The Morgan fingerprint density at radius 2 is 0.349 bits per heavy atom. The molecule has 6 aromatic rings. The van der Waals surface area contributed by atoms with Gasteiger partial charge in [0.25, 0.3) is 0 Å². The fourth-order valence-electron chi connectivity index (χ4n) is 13.1. The van der Waals surface area contributed by atoms with E-state index in [0.29, 0.717) is 63.5 Å². The van der Waals surface area contributed by atoms with E-state index in [2.05, 4.69) is 0 Å². The molecule has 3 fully saturated rings. The molecule has 0 amide bonds. The molecule has 0 saturated heterocycles. The number of halogens is 6. The Kier molecular flexibility index (Phi) is 36.6. The van der Waals surface area contributed by atoms with Crippen LogP contribution in [0.15, 0.2) is 103 Å². The second-order valence-electron chi connectivity index (χ2n) is 33.8. The molecule has 3 aliphatic rings. The van der Waals surface area contributed by atoms with Crippen LogP contribution >= 0.6 is 69.6 Å². The maximum atomic E-state index is 10.8. The van der Waals surface area contributed by atoms with E-state index in [0.717, 1.165) is 110 Å². The molecule has 3 saturated carbocycles. The van der Waals surface area contributed by atoms with Gasteiger partial charge in [0.15, 0.2) is 0 Å². The van der Waals surface area contributed by atoms with Crippen molar-refractivity contribution >= 4 is 107 Å². The summed E-state index contributed by atoms with van der Waals surface area (Å²) in [5, 5.41) is 68.4. The van der Waals surface area contributed by atoms with Crippen LogP contribution in [0.5, 0.6) is 34.5 Å². The van der Waals surface area contributed by atoms with E-state index in [1.165, 1.54) is 0 Å². The minimum Gasteiger partial charge on any atom is -0.507 e. The van der Waals surface area contributed by atoms with Gasteiger partial charge in [-0.1, -0.05) is 233 Å². The number of hydrogen-bond acceptors (Lipinski definition) is 12. The summed E-state index contributed by atoms with van der Waals surface area (Å²) in [5.41, 5.74) is 7.08. The monoisotopic (exact) mass is 1740 g/mol. The number of aliphatic imine (C=N–C) groups is 6. The van der Waals surface area contributed by atoms with Crippen molar-refractivity contribution in [2.75, 3.05) is 0 Å². The molecule has 0 aromatic heterocycles. The summed E-state index contributed by atoms with van der Waals surface area (Å²) < 4.78 is 0. The number of aromatic hydroxyl groups is 6. The standard InChI is InChI=1S/3C28H36Cl2N2O2.4Co/c3*1-27(2,3)21-13-19(29)11-17(25(21)33)15-31-23-9-7-8-10-24(23)32-16-18-12-20(30)14-22(26(18)34)28(4,5)6;;;;/h3*11-16,23-24,33-34H,7-10H2,1-6H3;;;;/q;;;4*+3. The Morgan fingerprint density at radius 3 is 0.453 bits per heavy atom. The van der Waals surface area contributed by atoms with Gasteiger partial charge < -0.3 is 30.6 Å². The fraction of sp³-hybridized carbons (Fsp3) is 0.500.